The summed E-state index contributed by atoms with van der Waals surface area (Å²) < 4.78 is 18.6. The number of ether oxygens (including phenoxy) is 2. The molecule has 0 saturated carbocycles. The summed E-state index contributed by atoms with van der Waals surface area (Å²) in [4.78, 5) is 31.4. The minimum Gasteiger partial charge on any atom is -0.507 e. The van der Waals surface area contributed by atoms with Gasteiger partial charge in [-0.25, -0.2) is 4.98 Å². The molecule has 0 spiro atoms. The van der Waals surface area contributed by atoms with Crippen LogP contribution >= 0.6 is 0 Å². The second kappa shape index (κ2) is 8.26. The van der Waals surface area contributed by atoms with Crippen LogP contribution in [0.1, 0.15) is 23.8 Å². The zero-order valence-electron chi connectivity index (χ0n) is 17.1. The first-order valence-corrected chi connectivity index (χ1v) is 10.3. The van der Waals surface area contributed by atoms with Crippen molar-refractivity contribution < 1.29 is 28.6 Å². The summed E-state index contributed by atoms with van der Waals surface area (Å²) in [6.07, 6.45) is 7.29. The molecular formula is C23H21N3O6. The quantitative estimate of drug-likeness (QED) is 0.360. The largest absolute Gasteiger partial charge is 0.507 e. The van der Waals surface area contributed by atoms with E-state index >= 15 is 0 Å². The normalized spacial score (nSPS) is 19.5. The summed E-state index contributed by atoms with van der Waals surface area (Å²) in [7, 11) is 0. The number of rotatable bonds is 6. The first-order chi connectivity index (χ1) is 15.6. The van der Waals surface area contributed by atoms with Gasteiger partial charge in [-0.2, -0.15) is 0 Å². The maximum absolute atomic E-state index is 13.0. The Morgan fingerprint density at radius 1 is 1.12 bits per heavy atom. The second-order valence-corrected chi connectivity index (χ2v) is 7.52. The molecule has 32 heavy (non-hydrogen) atoms. The van der Waals surface area contributed by atoms with Gasteiger partial charge in [-0.15, -0.1) is 0 Å². The van der Waals surface area contributed by atoms with Crippen LogP contribution in [0.5, 0.6) is 11.5 Å². The Kier molecular flexibility index (Phi) is 5.14. The molecule has 5 rings (SSSR count). The molecule has 9 heteroatoms. The number of Topliss-reactive ketones (excluding diaryl/α,β-unsaturated/α-hetero) is 1. The van der Waals surface area contributed by atoms with Crippen LogP contribution in [0, 0.1) is 0 Å². The van der Waals surface area contributed by atoms with Gasteiger partial charge in [0.05, 0.1) is 18.2 Å². The monoisotopic (exact) mass is 435 g/mol. The minimum atomic E-state index is -0.819. The van der Waals surface area contributed by atoms with Crippen LogP contribution in [0.3, 0.4) is 0 Å². The molecule has 164 valence electrons. The molecular weight excluding hydrogens is 414 g/mol. The van der Waals surface area contributed by atoms with Crippen molar-refractivity contribution in [1.29, 1.82) is 0 Å². The van der Waals surface area contributed by atoms with Gasteiger partial charge in [0, 0.05) is 31.0 Å². The molecule has 1 atom stereocenters. The number of ketones is 1. The Balaban J connectivity index is 1.49. The van der Waals surface area contributed by atoms with Gasteiger partial charge < -0.3 is 28.5 Å². The topological polar surface area (TPSA) is 107 Å². The van der Waals surface area contributed by atoms with E-state index in [-0.39, 0.29) is 11.3 Å². The first kappa shape index (κ1) is 19.9. The van der Waals surface area contributed by atoms with E-state index in [9.17, 15) is 14.7 Å². The predicted octanol–water partition coefficient (Wildman–Crippen LogP) is 2.76. The average Bonchev–Trinajstić information content (AvgIpc) is 3.57. The van der Waals surface area contributed by atoms with Crippen molar-refractivity contribution in [2.75, 3.05) is 19.8 Å². The molecule has 2 aliphatic heterocycles. The standard InChI is InChI=1S/C23H21N3O6/c27-21(15-4-5-16-18(13-15)32-12-11-31-16)19-20(17-3-1-10-30-17)26(23(29)22(19)28)8-2-7-25-9-6-24-14-25/h1,3-6,9-10,13-14,20,27H,2,7-8,11-12H2/b21-19+. The number of amides is 1. The van der Waals surface area contributed by atoms with Crippen molar-refractivity contribution in [3.63, 3.8) is 0 Å². The molecule has 0 radical (unpaired) electrons. The number of aliphatic hydroxyl groups is 1. The number of hydrogen-bond acceptors (Lipinski definition) is 7. The highest BCUT2D eigenvalue weighted by atomic mass is 16.6. The van der Waals surface area contributed by atoms with Gasteiger partial charge in [-0.05, 0) is 36.8 Å². The number of aliphatic hydroxyl groups excluding tert-OH is 1. The summed E-state index contributed by atoms with van der Waals surface area (Å²) in [5.41, 5.74) is 0.353. The molecule has 2 aliphatic rings. The lowest BCUT2D eigenvalue weighted by Gasteiger charge is -2.23. The average molecular weight is 435 g/mol. The number of likely N-dealkylation sites (tertiary alicyclic amines) is 1. The van der Waals surface area contributed by atoms with E-state index in [1.54, 1.807) is 42.9 Å². The number of fused-ring (bicyclic) bond motifs is 1. The summed E-state index contributed by atoms with van der Waals surface area (Å²) in [6.45, 7) is 1.79. The predicted molar refractivity (Wildman–Crippen MR) is 112 cm³/mol. The summed E-state index contributed by atoms with van der Waals surface area (Å²) in [5.74, 6) is -0.248. The number of nitrogens with zero attached hydrogens (tertiary/aromatic N) is 3. The van der Waals surface area contributed by atoms with Gasteiger partial charge in [-0.1, -0.05) is 0 Å². The Morgan fingerprint density at radius 2 is 1.97 bits per heavy atom. The van der Waals surface area contributed by atoms with Gasteiger partial charge in [0.2, 0.25) is 0 Å². The molecule has 1 fully saturated rings. The molecule has 1 aromatic carbocycles. The van der Waals surface area contributed by atoms with Crippen LogP contribution in [0.2, 0.25) is 0 Å². The van der Waals surface area contributed by atoms with Crippen LogP contribution in [0.15, 0.2) is 65.3 Å². The van der Waals surface area contributed by atoms with E-state index < -0.39 is 17.7 Å². The van der Waals surface area contributed by atoms with E-state index in [4.69, 9.17) is 13.9 Å². The lowest BCUT2D eigenvalue weighted by molar-refractivity contribution is -0.140. The molecule has 3 aromatic rings. The molecule has 1 unspecified atom stereocenters. The molecule has 2 aromatic heterocycles. The first-order valence-electron chi connectivity index (χ1n) is 10.3. The van der Waals surface area contributed by atoms with Crippen LogP contribution in [-0.4, -0.2) is 51.0 Å². The lowest BCUT2D eigenvalue weighted by atomic mass is 9.99. The fraction of sp³-hybridized carbons (Fsp3) is 0.261. The van der Waals surface area contributed by atoms with Crippen LogP contribution in [0.25, 0.3) is 5.76 Å². The van der Waals surface area contributed by atoms with Crippen molar-refractivity contribution >= 4 is 17.4 Å². The zero-order valence-corrected chi connectivity index (χ0v) is 17.1. The van der Waals surface area contributed by atoms with Crippen molar-refractivity contribution in [3.05, 3.63) is 72.2 Å². The van der Waals surface area contributed by atoms with Crippen LogP contribution in [0.4, 0.5) is 0 Å². The Bertz CT molecular complexity index is 1170. The van der Waals surface area contributed by atoms with E-state index in [0.29, 0.717) is 55.5 Å². The number of carbonyl (C=O) groups is 2. The number of hydrogen-bond donors (Lipinski definition) is 1. The van der Waals surface area contributed by atoms with Crippen LogP contribution < -0.4 is 9.47 Å². The number of imidazole rings is 1. The molecule has 1 saturated heterocycles. The number of aryl methyl sites for hydroxylation is 1. The fourth-order valence-corrected chi connectivity index (χ4v) is 4.04. The van der Waals surface area contributed by atoms with Gasteiger partial charge in [-0.3, -0.25) is 9.59 Å². The third-order valence-corrected chi connectivity index (χ3v) is 5.54. The Hall–Kier alpha value is -4.01. The van der Waals surface area contributed by atoms with Crippen molar-refractivity contribution in [2.45, 2.75) is 19.0 Å². The Labute approximate surface area is 183 Å². The molecule has 9 nitrogen and oxygen atoms in total. The van der Waals surface area contributed by atoms with E-state index in [1.165, 1.54) is 11.2 Å². The maximum atomic E-state index is 13.0. The lowest BCUT2D eigenvalue weighted by Crippen LogP contribution is -2.31. The molecule has 0 bridgehead atoms. The molecule has 1 amide bonds. The van der Waals surface area contributed by atoms with E-state index in [2.05, 4.69) is 4.98 Å². The third kappa shape index (κ3) is 3.51. The summed E-state index contributed by atoms with van der Waals surface area (Å²) >= 11 is 0. The van der Waals surface area contributed by atoms with Crippen molar-refractivity contribution in [3.8, 4) is 11.5 Å². The molecule has 1 N–H and O–H groups in total. The summed E-state index contributed by atoms with van der Waals surface area (Å²) in [6, 6.07) is 7.47. The summed E-state index contributed by atoms with van der Waals surface area (Å²) in [5, 5.41) is 11.1. The van der Waals surface area contributed by atoms with Crippen molar-refractivity contribution in [1.82, 2.24) is 14.5 Å². The third-order valence-electron chi connectivity index (χ3n) is 5.54. The van der Waals surface area contributed by atoms with Gasteiger partial charge in [0.25, 0.3) is 11.7 Å². The maximum Gasteiger partial charge on any atom is 0.295 e. The number of aromatic nitrogens is 2. The highest BCUT2D eigenvalue weighted by Crippen LogP contribution is 2.41. The van der Waals surface area contributed by atoms with Crippen LogP contribution in [-0.2, 0) is 16.1 Å². The zero-order chi connectivity index (χ0) is 22.1. The SMILES string of the molecule is O=C1C(=O)N(CCCn2ccnc2)C(c2ccco2)/C1=C(\O)c1ccc2c(c1)OCCO2. The highest BCUT2D eigenvalue weighted by Gasteiger charge is 2.47. The minimum absolute atomic E-state index is 0.00995. The van der Waals surface area contributed by atoms with Gasteiger partial charge in [0.1, 0.15) is 30.8 Å². The van der Waals surface area contributed by atoms with E-state index in [1.807, 2.05) is 10.8 Å². The number of benzene rings is 1. The number of carbonyl (C=O) groups excluding carboxylic acids is 2. The van der Waals surface area contributed by atoms with Gasteiger partial charge >= 0.3 is 0 Å². The van der Waals surface area contributed by atoms with Gasteiger partial charge in [0.15, 0.2) is 11.5 Å². The van der Waals surface area contributed by atoms with Crippen molar-refractivity contribution in [2.24, 2.45) is 0 Å². The molecule has 4 heterocycles. The molecule has 0 aliphatic carbocycles. The fourth-order valence-electron chi connectivity index (χ4n) is 4.04. The number of furan rings is 1. The second-order valence-electron chi connectivity index (χ2n) is 7.52. The Morgan fingerprint density at radius 3 is 2.72 bits per heavy atom. The highest BCUT2D eigenvalue weighted by molar-refractivity contribution is 6.46. The smallest absolute Gasteiger partial charge is 0.295 e. The van der Waals surface area contributed by atoms with E-state index in [0.717, 1.165) is 0 Å².